The van der Waals surface area contributed by atoms with Gasteiger partial charge in [-0.25, -0.2) is 21.6 Å². The van der Waals surface area contributed by atoms with Crippen LogP contribution in [0.3, 0.4) is 0 Å². The van der Waals surface area contributed by atoms with Gasteiger partial charge in [0.25, 0.3) is 10.0 Å². The molecule has 0 spiro atoms. The minimum atomic E-state index is -5.10. The lowest BCUT2D eigenvalue weighted by Crippen LogP contribution is -2.58. The predicted molar refractivity (Wildman–Crippen MR) is 98.1 cm³/mol. The van der Waals surface area contributed by atoms with Crippen LogP contribution < -0.4 is 5.73 Å². The highest BCUT2D eigenvalue weighted by Gasteiger charge is 2.54. The number of fused-ring (bicyclic) bond motifs is 1. The highest BCUT2D eigenvalue weighted by molar-refractivity contribution is 7.89. The fourth-order valence-corrected chi connectivity index (χ4v) is 4.47. The topological polar surface area (TPSA) is 90.5 Å². The smallest absolute Gasteiger partial charge is 0.357 e. The van der Waals surface area contributed by atoms with Gasteiger partial charge in [0.2, 0.25) is 0 Å². The molecule has 4 atom stereocenters. The van der Waals surface area contributed by atoms with Crippen molar-refractivity contribution in [1.82, 2.24) is 14.1 Å². The molecule has 2 aliphatic heterocycles. The van der Waals surface area contributed by atoms with Crippen molar-refractivity contribution in [2.24, 2.45) is 5.73 Å². The standard InChI is InChI=1S/C18H18F6N4O3S/c1-32(29,30)28-6-8-5-27(7-14(8)26-28)15-4-13(25)16(31-17(15)18(22,23)24)9-2-11(20)12(21)3-10(9)19/h2-3,6,13,15-17H,4-5,7,25H2,1H3/t13-,15+,16+,17-/m0/s1/i15D. The van der Waals surface area contributed by atoms with Crippen LogP contribution in [0.2, 0.25) is 0 Å². The van der Waals surface area contributed by atoms with Crippen LogP contribution in [0.4, 0.5) is 26.3 Å². The van der Waals surface area contributed by atoms with Gasteiger partial charge in [0.05, 0.1) is 11.9 Å². The van der Waals surface area contributed by atoms with Crippen molar-refractivity contribution in [3.63, 3.8) is 0 Å². The lowest BCUT2D eigenvalue weighted by Gasteiger charge is -2.44. The van der Waals surface area contributed by atoms with E-state index in [2.05, 4.69) is 5.10 Å². The molecule has 3 heterocycles. The Morgan fingerprint density at radius 2 is 1.84 bits per heavy atom. The van der Waals surface area contributed by atoms with Gasteiger partial charge in [-0.15, -0.1) is 0 Å². The van der Waals surface area contributed by atoms with Gasteiger partial charge in [-0.1, -0.05) is 0 Å². The SMILES string of the molecule is [2H][C@@]1(N2Cc3cn(S(C)(=O)=O)nc3C2)C[C@H](N)[C@@H](c2cc(F)c(F)cc2F)O[C@@H]1C(F)(F)F. The fourth-order valence-electron chi connectivity index (χ4n) is 3.90. The minimum absolute atomic E-state index is 0.176. The minimum Gasteiger partial charge on any atom is -0.357 e. The number of alkyl halides is 3. The van der Waals surface area contributed by atoms with Crippen molar-refractivity contribution in [3.05, 3.63) is 52.6 Å². The van der Waals surface area contributed by atoms with E-state index in [1.165, 1.54) is 0 Å². The van der Waals surface area contributed by atoms with Crippen molar-refractivity contribution in [3.8, 4) is 0 Å². The molecule has 0 amide bonds. The molecule has 0 unspecified atom stereocenters. The zero-order chi connectivity index (χ0) is 24.5. The average molecular weight is 485 g/mol. The summed E-state index contributed by atoms with van der Waals surface area (Å²) in [6.07, 6.45) is -8.26. The summed E-state index contributed by atoms with van der Waals surface area (Å²) in [6, 6.07) is -3.28. The molecule has 1 saturated heterocycles. The second-order valence-electron chi connectivity index (χ2n) is 7.72. The van der Waals surface area contributed by atoms with Gasteiger partial charge < -0.3 is 10.5 Å². The number of rotatable bonds is 3. The van der Waals surface area contributed by atoms with Gasteiger partial charge >= 0.3 is 6.18 Å². The quantitative estimate of drug-likeness (QED) is 0.530. The Kier molecular flexibility index (Phi) is 5.22. The Balaban J connectivity index is 1.66. The molecule has 2 aromatic rings. The van der Waals surface area contributed by atoms with E-state index >= 15 is 0 Å². The first-order chi connectivity index (χ1) is 15.1. The van der Waals surface area contributed by atoms with Crippen LogP contribution in [0.15, 0.2) is 18.3 Å². The molecule has 176 valence electrons. The van der Waals surface area contributed by atoms with E-state index in [0.29, 0.717) is 15.7 Å². The average Bonchev–Trinajstić information content (AvgIpc) is 3.23. The molecule has 0 saturated carbocycles. The summed E-state index contributed by atoms with van der Waals surface area (Å²) in [7, 11) is -3.71. The van der Waals surface area contributed by atoms with Crippen molar-refractivity contribution in [2.45, 2.75) is 50.0 Å². The Hall–Kier alpha value is -2.16. The molecule has 32 heavy (non-hydrogen) atoms. The van der Waals surface area contributed by atoms with E-state index in [1.54, 1.807) is 0 Å². The Morgan fingerprint density at radius 3 is 2.44 bits per heavy atom. The summed E-state index contributed by atoms with van der Waals surface area (Å²) in [5, 5.41) is 3.86. The maximum atomic E-state index is 14.2. The third-order valence-electron chi connectivity index (χ3n) is 5.37. The second-order valence-corrected chi connectivity index (χ2v) is 9.56. The van der Waals surface area contributed by atoms with Crippen molar-refractivity contribution >= 4 is 10.0 Å². The summed E-state index contributed by atoms with van der Waals surface area (Å²) < 4.78 is 121. The molecule has 1 aromatic heterocycles. The zero-order valence-corrected chi connectivity index (χ0v) is 17.2. The van der Waals surface area contributed by atoms with E-state index in [0.717, 1.165) is 17.4 Å². The Morgan fingerprint density at radius 1 is 1.19 bits per heavy atom. The number of halogens is 6. The van der Waals surface area contributed by atoms with Crippen LogP contribution in [0.1, 0.15) is 30.7 Å². The van der Waals surface area contributed by atoms with Crippen molar-refractivity contribution in [2.75, 3.05) is 6.26 Å². The normalized spacial score (nSPS) is 29.8. The molecule has 0 aliphatic carbocycles. The molecular weight excluding hydrogens is 466 g/mol. The molecule has 0 radical (unpaired) electrons. The van der Waals surface area contributed by atoms with Gasteiger partial charge in [0.1, 0.15) is 11.9 Å². The summed E-state index contributed by atoms with van der Waals surface area (Å²) in [5.41, 5.74) is 5.76. The lowest BCUT2D eigenvalue weighted by atomic mass is 9.89. The van der Waals surface area contributed by atoms with Crippen LogP contribution in [-0.2, 0) is 27.8 Å². The zero-order valence-electron chi connectivity index (χ0n) is 17.4. The summed E-state index contributed by atoms with van der Waals surface area (Å²) in [6.45, 7) is -0.518. The van der Waals surface area contributed by atoms with Gasteiger partial charge in [0.15, 0.2) is 17.7 Å². The summed E-state index contributed by atoms with van der Waals surface area (Å²) in [4.78, 5) is 1.09. The third-order valence-corrected chi connectivity index (χ3v) is 6.23. The summed E-state index contributed by atoms with van der Waals surface area (Å²) in [5.74, 6) is -4.34. The third kappa shape index (κ3) is 4.11. The highest BCUT2D eigenvalue weighted by Crippen LogP contribution is 2.42. The molecule has 1 aromatic carbocycles. The van der Waals surface area contributed by atoms with Crippen molar-refractivity contribution < 1.29 is 40.9 Å². The highest BCUT2D eigenvalue weighted by atomic mass is 32.2. The van der Waals surface area contributed by atoms with Gasteiger partial charge in [0, 0.05) is 49.9 Å². The number of nitrogens with zero attached hydrogens (tertiary/aromatic N) is 3. The summed E-state index contributed by atoms with van der Waals surface area (Å²) >= 11 is 0. The number of hydrogen-bond acceptors (Lipinski definition) is 6. The molecule has 14 heteroatoms. The molecular formula is C18H18F6N4O3S. The number of ether oxygens (including phenoxy) is 1. The van der Waals surface area contributed by atoms with Gasteiger partial charge in [-0.3, -0.25) is 4.90 Å². The first kappa shape index (κ1) is 21.7. The fraction of sp³-hybridized carbons (Fsp3) is 0.500. The van der Waals surface area contributed by atoms with Crippen LogP contribution in [-0.4, -0.2) is 53.1 Å². The van der Waals surface area contributed by atoms with Crippen molar-refractivity contribution in [1.29, 1.82) is 0 Å². The number of benzene rings is 1. The van der Waals surface area contributed by atoms with E-state index in [9.17, 15) is 34.8 Å². The van der Waals surface area contributed by atoms with E-state index in [4.69, 9.17) is 11.8 Å². The molecule has 4 rings (SSSR count). The van der Waals surface area contributed by atoms with Crippen LogP contribution in [0.5, 0.6) is 0 Å². The van der Waals surface area contributed by atoms with Crippen LogP contribution in [0.25, 0.3) is 0 Å². The van der Waals surface area contributed by atoms with Gasteiger partial charge in [-0.2, -0.15) is 22.4 Å². The van der Waals surface area contributed by atoms with E-state index in [1.807, 2.05) is 0 Å². The maximum Gasteiger partial charge on any atom is 0.416 e. The largest absolute Gasteiger partial charge is 0.416 e. The molecule has 0 bridgehead atoms. The monoisotopic (exact) mass is 485 g/mol. The van der Waals surface area contributed by atoms with E-state index < -0.39 is 69.9 Å². The van der Waals surface area contributed by atoms with E-state index in [-0.39, 0.29) is 24.8 Å². The first-order valence-electron chi connectivity index (χ1n) is 9.76. The Labute approximate surface area is 180 Å². The number of hydrogen-bond donors (Lipinski definition) is 1. The number of aromatic nitrogens is 2. The molecule has 2 aliphatic rings. The lowest BCUT2D eigenvalue weighted by molar-refractivity contribution is -0.269. The predicted octanol–water partition coefficient (Wildman–Crippen LogP) is 2.21. The van der Waals surface area contributed by atoms with Crippen LogP contribution in [0, 0.1) is 17.5 Å². The Bertz CT molecular complexity index is 1180. The first-order valence-corrected chi connectivity index (χ1v) is 11.1. The molecule has 7 nitrogen and oxygen atoms in total. The maximum absolute atomic E-state index is 14.2. The molecule has 1 fully saturated rings. The number of nitrogens with two attached hydrogens (primary N) is 1. The van der Waals surface area contributed by atoms with Crippen LogP contribution >= 0.6 is 0 Å². The van der Waals surface area contributed by atoms with Gasteiger partial charge in [-0.05, 0) is 12.5 Å². The molecule has 2 N–H and O–H groups in total. The second kappa shape index (κ2) is 7.71.